The van der Waals surface area contributed by atoms with Crippen molar-refractivity contribution in [1.82, 2.24) is 15.0 Å². The topological polar surface area (TPSA) is 66.7 Å². The SMILES string of the molecule is CCCc1oncc1C(=O)N1CCC(=O)N(Cc2ccccc2)C(CC)C1. The van der Waals surface area contributed by atoms with Crippen molar-refractivity contribution in [3.05, 3.63) is 53.4 Å². The first-order valence-corrected chi connectivity index (χ1v) is 9.70. The largest absolute Gasteiger partial charge is 0.361 e. The number of rotatable bonds is 6. The zero-order chi connectivity index (χ0) is 19.2. The van der Waals surface area contributed by atoms with Crippen molar-refractivity contribution in [2.24, 2.45) is 0 Å². The van der Waals surface area contributed by atoms with Gasteiger partial charge in [-0.25, -0.2) is 0 Å². The van der Waals surface area contributed by atoms with E-state index in [1.54, 1.807) is 4.90 Å². The fourth-order valence-electron chi connectivity index (χ4n) is 3.57. The van der Waals surface area contributed by atoms with Crippen LogP contribution in [0.1, 0.15) is 54.8 Å². The maximum atomic E-state index is 13.0. The van der Waals surface area contributed by atoms with E-state index < -0.39 is 0 Å². The molecule has 2 amide bonds. The van der Waals surface area contributed by atoms with Crippen molar-refractivity contribution in [3.63, 3.8) is 0 Å². The van der Waals surface area contributed by atoms with Gasteiger partial charge in [-0.15, -0.1) is 0 Å². The molecule has 1 saturated heterocycles. The molecule has 0 spiro atoms. The molecule has 1 aromatic heterocycles. The molecule has 1 fully saturated rings. The molecule has 27 heavy (non-hydrogen) atoms. The Hall–Kier alpha value is -2.63. The normalized spacial score (nSPS) is 17.9. The molecule has 144 valence electrons. The molecular weight excluding hydrogens is 342 g/mol. The van der Waals surface area contributed by atoms with Gasteiger partial charge in [-0.3, -0.25) is 9.59 Å². The second-order valence-electron chi connectivity index (χ2n) is 6.98. The number of hydrogen-bond acceptors (Lipinski definition) is 4. The smallest absolute Gasteiger partial charge is 0.259 e. The molecule has 0 aliphatic carbocycles. The van der Waals surface area contributed by atoms with E-state index in [9.17, 15) is 9.59 Å². The van der Waals surface area contributed by atoms with Gasteiger partial charge in [0.15, 0.2) is 0 Å². The molecule has 6 heteroatoms. The van der Waals surface area contributed by atoms with Crippen LogP contribution in [0, 0.1) is 0 Å². The van der Waals surface area contributed by atoms with E-state index in [4.69, 9.17) is 4.52 Å². The van der Waals surface area contributed by atoms with Gasteiger partial charge >= 0.3 is 0 Å². The summed E-state index contributed by atoms with van der Waals surface area (Å²) in [6.45, 7) is 5.64. The molecule has 2 heterocycles. The van der Waals surface area contributed by atoms with Crippen LogP contribution < -0.4 is 0 Å². The third kappa shape index (κ3) is 4.38. The summed E-state index contributed by atoms with van der Waals surface area (Å²) in [6.07, 6.45) is 4.21. The van der Waals surface area contributed by atoms with Crippen LogP contribution in [0.25, 0.3) is 0 Å². The van der Waals surface area contributed by atoms with Gasteiger partial charge in [0, 0.05) is 38.5 Å². The van der Waals surface area contributed by atoms with Gasteiger partial charge in [-0.1, -0.05) is 49.3 Å². The molecular formula is C21H27N3O3. The van der Waals surface area contributed by atoms with Crippen molar-refractivity contribution >= 4 is 11.8 Å². The summed E-state index contributed by atoms with van der Waals surface area (Å²) < 4.78 is 5.25. The number of hydrogen-bond donors (Lipinski definition) is 0. The average Bonchev–Trinajstić information content (AvgIpc) is 3.09. The zero-order valence-electron chi connectivity index (χ0n) is 16.1. The number of aryl methyl sites for hydroxylation is 1. The number of carbonyl (C=O) groups is 2. The Morgan fingerprint density at radius 2 is 2.04 bits per heavy atom. The third-order valence-corrected chi connectivity index (χ3v) is 5.09. The molecule has 1 unspecified atom stereocenters. The second kappa shape index (κ2) is 8.84. The highest BCUT2D eigenvalue weighted by Gasteiger charge is 2.32. The number of nitrogens with zero attached hydrogens (tertiary/aromatic N) is 3. The Kier molecular flexibility index (Phi) is 6.27. The van der Waals surface area contributed by atoms with Crippen LogP contribution in [0.2, 0.25) is 0 Å². The average molecular weight is 369 g/mol. The van der Waals surface area contributed by atoms with Gasteiger partial charge in [0.05, 0.1) is 6.20 Å². The Morgan fingerprint density at radius 3 is 2.74 bits per heavy atom. The first kappa shape index (κ1) is 19.1. The Bertz CT molecular complexity index is 772. The van der Waals surface area contributed by atoms with E-state index in [1.807, 2.05) is 42.2 Å². The molecule has 1 aliphatic rings. The fraction of sp³-hybridized carbons (Fsp3) is 0.476. The number of aromatic nitrogens is 1. The van der Waals surface area contributed by atoms with Gasteiger partial charge in [-0.05, 0) is 18.4 Å². The van der Waals surface area contributed by atoms with Crippen molar-refractivity contribution in [2.45, 2.75) is 52.1 Å². The molecule has 0 bridgehead atoms. The number of amides is 2. The van der Waals surface area contributed by atoms with Gasteiger partial charge in [0.1, 0.15) is 11.3 Å². The fourth-order valence-corrected chi connectivity index (χ4v) is 3.57. The lowest BCUT2D eigenvalue weighted by Gasteiger charge is -2.31. The summed E-state index contributed by atoms with van der Waals surface area (Å²) in [5, 5.41) is 3.81. The predicted octanol–water partition coefficient (Wildman–Crippen LogP) is 3.28. The summed E-state index contributed by atoms with van der Waals surface area (Å²) in [5.41, 5.74) is 1.63. The zero-order valence-corrected chi connectivity index (χ0v) is 16.1. The van der Waals surface area contributed by atoms with E-state index in [0.29, 0.717) is 43.8 Å². The molecule has 0 saturated carbocycles. The molecule has 0 N–H and O–H groups in total. The van der Waals surface area contributed by atoms with Crippen LogP contribution in [0.4, 0.5) is 0 Å². The summed E-state index contributed by atoms with van der Waals surface area (Å²) in [4.78, 5) is 29.5. The molecule has 1 aromatic carbocycles. The molecule has 2 aromatic rings. The monoisotopic (exact) mass is 369 g/mol. The Balaban J connectivity index is 1.77. The van der Waals surface area contributed by atoms with Crippen LogP contribution in [0.5, 0.6) is 0 Å². The van der Waals surface area contributed by atoms with Crippen LogP contribution in [0.3, 0.4) is 0 Å². The summed E-state index contributed by atoms with van der Waals surface area (Å²) >= 11 is 0. The molecule has 3 rings (SSSR count). The Labute approximate surface area is 160 Å². The minimum absolute atomic E-state index is 0.00126. The van der Waals surface area contributed by atoms with Crippen molar-refractivity contribution in [2.75, 3.05) is 13.1 Å². The molecule has 0 radical (unpaired) electrons. The van der Waals surface area contributed by atoms with E-state index in [1.165, 1.54) is 6.20 Å². The number of carbonyl (C=O) groups excluding carboxylic acids is 2. The van der Waals surface area contributed by atoms with Gasteiger partial charge in [0.25, 0.3) is 5.91 Å². The lowest BCUT2D eigenvalue weighted by Crippen LogP contribution is -2.43. The van der Waals surface area contributed by atoms with Gasteiger partial charge in [0.2, 0.25) is 5.91 Å². The number of benzene rings is 1. The molecule has 1 aliphatic heterocycles. The van der Waals surface area contributed by atoms with E-state index in [-0.39, 0.29) is 17.9 Å². The van der Waals surface area contributed by atoms with E-state index >= 15 is 0 Å². The summed E-state index contributed by atoms with van der Waals surface area (Å²) in [7, 11) is 0. The lowest BCUT2D eigenvalue weighted by atomic mass is 10.1. The van der Waals surface area contributed by atoms with Gasteiger partial charge < -0.3 is 14.3 Å². The maximum Gasteiger partial charge on any atom is 0.259 e. The Morgan fingerprint density at radius 1 is 1.26 bits per heavy atom. The first-order chi connectivity index (χ1) is 13.1. The van der Waals surface area contributed by atoms with E-state index in [0.717, 1.165) is 18.4 Å². The van der Waals surface area contributed by atoms with Crippen LogP contribution >= 0.6 is 0 Å². The van der Waals surface area contributed by atoms with Crippen LogP contribution in [-0.4, -0.2) is 45.9 Å². The van der Waals surface area contributed by atoms with Crippen molar-refractivity contribution in [1.29, 1.82) is 0 Å². The minimum atomic E-state index is -0.0903. The van der Waals surface area contributed by atoms with Crippen molar-refractivity contribution in [3.8, 4) is 0 Å². The van der Waals surface area contributed by atoms with Gasteiger partial charge in [-0.2, -0.15) is 0 Å². The van der Waals surface area contributed by atoms with Crippen LogP contribution in [-0.2, 0) is 17.8 Å². The van der Waals surface area contributed by atoms with E-state index in [2.05, 4.69) is 12.1 Å². The van der Waals surface area contributed by atoms with Crippen molar-refractivity contribution < 1.29 is 14.1 Å². The quantitative estimate of drug-likeness (QED) is 0.784. The highest BCUT2D eigenvalue weighted by molar-refractivity contribution is 5.95. The molecule has 6 nitrogen and oxygen atoms in total. The summed E-state index contributed by atoms with van der Waals surface area (Å²) in [5.74, 6) is 0.639. The second-order valence-corrected chi connectivity index (χ2v) is 6.98. The molecule has 1 atom stereocenters. The standard InChI is InChI=1S/C21H27N3O3/c1-3-8-19-18(13-22-27-19)21(26)23-12-11-20(25)24(17(4-2)15-23)14-16-9-6-5-7-10-16/h5-7,9-10,13,17H,3-4,8,11-12,14-15H2,1-2H3. The third-order valence-electron chi connectivity index (χ3n) is 5.09. The summed E-state index contributed by atoms with van der Waals surface area (Å²) in [6, 6.07) is 9.99. The maximum absolute atomic E-state index is 13.0. The first-order valence-electron chi connectivity index (χ1n) is 9.70. The predicted molar refractivity (Wildman–Crippen MR) is 102 cm³/mol. The highest BCUT2D eigenvalue weighted by Crippen LogP contribution is 2.21. The lowest BCUT2D eigenvalue weighted by molar-refractivity contribution is -0.133. The van der Waals surface area contributed by atoms with Crippen LogP contribution in [0.15, 0.2) is 41.1 Å². The highest BCUT2D eigenvalue weighted by atomic mass is 16.5. The minimum Gasteiger partial charge on any atom is -0.361 e.